The molecule has 8 nitrogen and oxygen atoms in total. The minimum atomic E-state index is -0.854. The van der Waals surface area contributed by atoms with Crippen LogP contribution in [0.3, 0.4) is 0 Å². The summed E-state index contributed by atoms with van der Waals surface area (Å²) in [4.78, 5) is 32.3. The first-order chi connectivity index (χ1) is 19.8. The number of rotatable bonds is 8. The molecule has 0 unspecified atom stereocenters. The molecule has 1 aliphatic rings. The zero-order valence-electron chi connectivity index (χ0n) is 22.7. The number of hydrogen-bond acceptors (Lipinski definition) is 8. The van der Waals surface area contributed by atoms with Crippen LogP contribution in [-0.4, -0.2) is 30.9 Å². The fourth-order valence-corrected chi connectivity index (χ4v) is 5.98. The molecule has 0 bridgehead atoms. The number of hydrogen-bond donors (Lipinski definition) is 0. The molecule has 212 valence electrons. The number of halogens is 2. The topological polar surface area (TPSA) is 92.3 Å². The Morgan fingerprint density at radius 2 is 1.93 bits per heavy atom. The number of allylic oxidation sites excluding steroid dienone is 1. The molecule has 0 N–H and O–H groups in total. The number of methoxy groups -OCH3 is 1. The second-order valence-electron chi connectivity index (χ2n) is 8.94. The summed E-state index contributed by atoms with van der Waals surface area (Å²) in [5, 5.41) is 0.853. The molecule has 11 heteroatoms. The number of aromatic nitrogens is 1. The van der Waals surface area contributed by atoms with Gasteiger partial charge in [0.05, 0.1) is 46.2 Å². The van der Waals surface area contributed by atoms with Crippen molar-refractivity contribution < 1.29 is 23.4 Å². The van der Waals surface area contributed by atoms with Gasteiger partial charge in [-0.05, 0) is 57.2 Å². The Labute approximate surface area is 249 Å². The Balaban J connectivity index is 1.68. The molecular weight excluding hydrogens is 587 g/mol. The first-order valence-electron chi connectivity index (χ1n) is 12.8. The average Bonchev–Trinajstić information content (AvgIpc) is 3.54. The normalized spacial score (nSPS) is 15.0. The molecule has 4 aromatic rings. The van der Waals surface area contributed by atoms with Crippen LogP contribution in [0.1, 0.15) is 38.1 Å². The second kappa shape index (κ2) is 12.0. The van der Waals surface area contributed by atoms with Gasteiger partial charge in [0.2, 0.25) is 0 Å². The lowest BCUT2D eigenvalue weighted by Gasteiger charge is -2.26. The number of fused-ring (bicyclic) bond motifs is 1. The van der Waals surface area contributed by atoms with Crippen LogP contribution in [0, 0.1) is 0 Å². The third-order valence-corrected chi connectivity index (χ3v) is 8.16. The molecule has 2 aromatic heterocycles. The lowest BCUT2D eigenvalue weighted by atomic mass is 9.94. The van der Waals surface area contributed by atoms with Crippen molar-refractivity contribution in [1.82, 2.24) is 4.57 Å². The van der Waals surface area contributed by atoms with E-state index in [9.17, 15) is 9.59 Å². The van der Waals surface area contributed by atoms with E-state index in [-0.39, 0.29) is 17.7 Å². The van der Waals surface area contributed by atoms with Gasteiger partial charge in [-0.15, -0.1) is 0 Å². The van der Waals surface area contributed by atoms with E-state index in [1.54, 1.807) is 62.4 Å². The van der Waals surface area contributed by atoms with Gasteiger partial charge in [0.15, 0.2) is 16.3 Å². The van der Waals surface area contributed by atoms with E-state index < -0.39 is 12.0 Å². The van der Waals surface area contributed by atoms with E-state index in [1.165, 1.54) is 23.0 Å². The molecular formula is C30H26Cl2N2O6S. The van der Waals surface area contributed by atoms with Crippen LogP contribution in [0.5, 0.6) is 11.5 Å². The Bertz CT molecular complexity index is 1850. The molecule has 0 amide bonds. The van der Waals surface area contributed by atoms with Crippen LogP contribution in [0.15, 0.2) is 74.0 Å². The molecule has 5 rings (SSSR count). The maximum absolute atomic E-state index is 14.0. The first-order valence-corrected chi connectivity index (χ1v) is 14.4. The number of nitrogens with zero attached hydrogens (tertiary/aromatic N) is 2. The number of furan rings is 1. The monoisotopic (exact) mass is 612 g/mol. The number of carbonyl (C=O) groups excluding carboxylic acids is 1. The van der Waals surface area contributed by atoms with Gasteiger partial charge in [0.1, 0.15) is 17.6 Å². The molecule has 3 heterocycles. The Morgan fingerprint density at radius 1 is 1.12 bits per heavy atom. The van der Waals surface area contributed by atoms with Crippen molar-refractivity contribution in [2.24, 2.45) is 4.99 Å². The summed E-state index contributed by atoms with van der Waals surface area (Å²) in [6, 6.07) is 13.3. The molecule has 1 atom stereocenters. The quantitative estimate of drug-likeness (QED) is 0.234. The number of ether oxygens (including phenoxy) is 3. The summed E-state index contributed by atoms with van der Waals surface area (Å²) in [6.07, 6.45) is 1.65. The van der Waals surface area contributed by atoms with Gasteiger partial charge < -0.3 is 18.6 Å². The number of benzene rings is 2. The molecule has 0 saturated heterocycles. The van der Waals surface area contributed by atoms with Crippen LogP contribution in [0.25, 0.3) is 17.4 Å². The third-order valence-electron chi connectivity index (χ3n) is 6.43. The minimum absolute atomic E-state index is 0.169. The summed E-state index contributed by atoms with van der Waals surface area (Å²) < 4.78 is 24.8. The van der Waals surface area contributed by atoms with E-state index in [1.807, 2.05) is 13.0 Å². The predicted octanol–water partition coefficient (Wildman–Crippen LogP) is 5.77. The second-order valence-corrected chi connectivity index (χ2v) is 10.8. The molecule has 0 aliphatic carbocycles. The van der Waals surface area contributed by atoms with E-state index >= 15 is 0 Å². The van der Waals surface area contributed by atoms with Gasteiger partial charge in [-0.2, -0.15) is 0 Å². The molecule has 0 fully saturated rings. The van der Waals surface area contributed by atoms with Crippen LogP contribution < -0.4 is 24.4 Å². The predicted molar refractivity (Wildman–Crippen MR) is 159 cm³/mol. The maximum Gasteiger partial charge on any atom is 0.338 e. The van der Waals surface area contributed by atoms with E-state index in [4.69, 9.17) is 41.8 Å². The third kappa shape index (κ3) is 5.45. The van der Waals surface area contributed by atoms with Crippen LogP contribution >= 0.6 is 34.5 Å². The summed E-state index contributed by atoms with van der Waals surface area (Å²) in [7, 11) is 1.54. The smallest absolute Gasteiger partial charge is 0.338 e. The van der Waals surface area contributed by atoms with Crippen molar-refractivity contribution in [3.63, 3.8) is 0 Å². The van der Waals surface area contributed by atoms with Crippen LogP contribution in [0.4, 0.5) is 0 Å². The summed E-state index contributed by atoms with van der Waals surface area (Å²) in [6.45, 7) is 5.83. The average molecular weight is 614 g/mol. The molecule has 2 aromatic carbocycles. The number of carbonyl (C=O) groups is 1. The Hall–Kier alpha value is -3.79. The van der Waals surface area contributed by atoms with E-state index in [0.29, 0.717) is 60.3 Å². The lowest BCUT2D eigenvalue weighted by Crippen LogP contribution is -2.40. The largest absolute Gasteiger partial charge is 0.493 e. The van der Waals surface area contributed by atoms with Crippen LogP contribution in [-0.2, 0) is 9.53 Å². The van der Waals surface area contributed by atoms with Crippen molar-refractivity contribution in [3.8, 4) is 22.8 Å². The lowest BCUT2D eigenvalue weighted by molar-refractivity contribution is -0.139. The maximum atomic E-state index is 14.0. The fourth-order valence-electron chi connectivity index (χ4n) is 4.66. The summed E-state index contributed by atoms with van der Waals surface area (Å²) >= 11 is 13.4. The highest BCUT2D eigenvalue weighted by Gasteiger charge is 2.36. The zero-order chi connectivity index (χ0) is 29.3. The van der Waals surface area contributed by atoms with Crippen molar-refractivity contribution in [1.29, 1.82) is 0 Å². The summed E-state index contributed by atoms with van der Waals surface area (Å²) in [5.41, 5.74) is 1.69. The van der Waals surface area contributed by atoms with Crippen LogP contribution in [0.2, 0.25) is 10.0 Å². The SMILES string of the molecule is CCOC(=O)C1=C(C)N=c2sc(=Cc3ccc(-c4ccc(Cl)c(Cl)c4)o3)c(=O)n2[C@H]1c1cccc(OC)c1OCC. The highest BCUT2D eigenvalue weighted by atomic mass is 35.5. The standard InChI is InChI=1S/C30H26Cl2N2O6S/c1-5-38-27-19(8-7-9-23(27)37-4)26-25(29(36)39-6-2)16(3)33-30-34(26)28(35)24(41-30)15-18-11-13-22(40-18)17-10-12-20(31)21(32)14-17/h7-15,26H,5-6H2,1-4H3/t26-/m0/s1. The van der Waals surface area contributed by atoms with Crippen molar-refractivity contribution in [2.75, 3.05) is 20.3 Å². The van der Waals surface area contributed by atoms with Crippen molar-refractivity contribution in [2.45, 2.75) is 26.8 Å². The molecule has 1 aliphatic heterocycles. The Kier molecular flexibility index (Phi) is 8.40. The molecule has 0 spiro atoms. The number of para-hydroxylation sites is 1. The minimum Gasteiger partial charge on any atom is -0.493 e. The van der Waals surface area contributed by atoms with Gasteiger partial charge in [0.25, 0.3) is 5.56 Å². The highest BCUT2D eigenvalue weighted by Crippen LogP contribution is 2.40. The van der Waals surface area contributed by atoms with Gasteiger partial charge in [0, 0.05) is 17.2 Å². The summed E-state index contributed by atoms with van der Waals surface area (Å²) in [5.74, 6) is 1.39. The highest BCUT2D eigenvalue weighted by molar-refractivity contribution is 7.07. The van der Waals surface area contributed by atoms with Gasteiger partial charge >= 0.3 is 5.97 Å². The van der Waals surface area contributed by atoms with Crippen molar-refractivity contribution >= 4 is 46.6 Å². The first kappa shape index (κ1) is 28.7. The molecule has 0 radical (unpaired) electrons. The Morgan fingerprint density at radius 3 is 2.63 bits per heavy atom. The van der Waals surface area contributed by atoms with Gasteiger partial charge in [-0.1, -0.05) is 46.7 Å². The fraction of sp³-hybridized carbons (Fsp3) is 0.233. The molecule has 0 saturated carbocycles. The number of esters is 1. The van der Waals surface area contributed by atoms with Gasteiger partial charge in [-0.25, -0.2) is 9.79 Å². The molecule has 41 heavy (non-hydrogen) atoms. The van der Waals surface area contributed by atoms with Crippen molar-refractivity contribution in [3.05, 3.63) is 101 Å². The van der Waals surface area contributed by atoms with E-state index in [2.05, 4.69) is 4.99 Å². The zero-order valence-corrected chi connectivity index (χ0v) is 25.0. The van der Waals surface area contributed by atoms with E-state index in [0.717, 1.165) is 5.56 Å². The van der Waals surface area contributed by atoms with Gasteiger partial charge in [-0.3, -0.25) is 9.36 Å². The number of thiazole rings is 1.